The Morgan fingerprint density at radius 3 is 2.21 bits per heavy atom. The molecule has 0 aromatic carbocycles. The van der Waals surface area contributed by atoms with Crippen LogP contribution in [0.15, 0.2) is 0 Å². The molecule has 7 nitrogen and oxygen atoms in total. The molecule has 0 spiro atoms. The number of rotatable bonds is 9. The lowest BCUT2D eigenvalue weighted by Gasteiger charge is -2.20. The fourth-order valence-electron chi connectivity index (χ4n) is 1.17. The first kappa shape index (κ1) is 17.2. The molecule has 0 radical (unpaired) electrons. The third-order valence-corrected chi connectivity index (χ3v) is 3.23. The largest absolute Gasteiger partial charge is 0.480 e. The first-order valence-corrected chi connectivity index (χ1v) is 6.76. The van der Waals surface area contributed by atoms with Gasteiger partial charge in [0, 0.05) is 18.8 Å². The zero-order chi connectivity index (χ0) is 14.7. The molecular formula is C11H16N4O3S. The van der Waals surface area contributed by atoms with E-state index in [1.54, 1.807) is 0 Å². The van der Waals surface area contributed by atoms with Crippen molar-refractivity contribution in [2.24, 2.45) is 5.73 Å². The molecule has 0 heterocycles. The minimum Gasteiger partial charge on any atom is -0.480 e. The van der Waals surface area contributed by atoms with Crippen molar-refractivity contribution in [3.63, 3.8) is 0 Å². The van der Waals surface area contributed by atoms with Crippen LogP contribution in [-0.2, 0) is 9.59 Å². The molecule has 0 aliphatic rings. The van der Waals surface area contributed by atoms with Gasteiger partial charge in [-0.15, -0.1) is 11.8 Å². The minimum atomic E-state index is -1.11. The molecule has 0 aromatic rings. The molecule has 104 valence electrons. The fraction of sp³-hybridized carbons (Fsp3) is 0.636. The lowest BCUT2D eigenvalue weighted by molar-refractivity contribution is -0.138. The summed E-state index contributed by atoms with van der Waals surface area (Å²) in [5.41, 5.74) is 5.31. The number of hydrogen-bond donors (Lipinski definition) is 2. The number of amides is 1. The number of carboxylic acid groups (broad SMARTS) is 1. The van der Waals surface area contributed by atoms with E-state index in [1.807, 2.05) is 12.1 Å². The van der Waals surface area contributed by atoms with E-state index in [-0.39, 0.29) is 43.3 Å². The number of carboxylic acids is 1. The van der Waals surface area contributed by atoms with Crippen molar-refractivity contribution in [1.82, 2.24) is 4.90 Å². The predicted molar refractivity (Wildman–Crippen MR) is 70.0 cm³/mol. The first-order chi connectivity index (χ1) is 9.02. The molecule has 1 amide bonds. The van der Waals surface area contributed by atoms with Crippen molar-refractivity contribution < 1.29 is 14.7 Å². The van der Waals surface area contributed by atoms with Crippen LogP contribution in [0.2, 0.25) is 0 Å². The number of carbonyl (C=O) groups excluding carboxylic acids is 1. The van der Waals surface area contributed by atoms with Crippen molar-refractivity contribution in [3.05, 3.63) is 0 Å². The summed E-state index contributed by atoms with van der Waals surface area (Å²) in [6, 6.07) is 2.88. The Balaban J connectivity index is 4.13. The summed E-state index contributed by atoms with van der Waals surface area (Å²) in [5.74, 6) is -1.08. The second-order valence-corrected chi connectivity index (χ2v) is 4.69. The second kappa shape index (κ2) is 10.2. The Bertz CT molecular complexity index is 370. The quantitative estimate of drug-likeness (QED) is 0.598. The Morgan fingerprint density at radius 1 is 1.26 bits per heavy atom. The molecule has 0 aromatic heterocycles. The summed E-state index contributed by atoms with van der Waals surface area (Å²) in [6.07, 6.45) is 0.410. The number of nitriles is 2. The van der Waals surface area contributed by atoms with Gasteiger partial charge in [0.25, 0.3) is 0 Å². The standard InChI is InChI=1S/C11H16N4O3S/c12-3-1-5-15(6-2-4-13)10(16)8-19-7-9(14)11(17)18/h9H,1-2,5-8,14H2,(H,17,18)/t9-/m0/s1. The number of hydrogen-bond acceptors (Lipinski definition) is 6. The van der Waals surface area contributed by atoms with Gasteiger partial charge in [0.2, 0.25) is 5.91 Å². The van der Waals surface area contributed by atoms with E-state index < -0.39 is 12.0 Å². The summed E-state index contributed by atoms with van der Waals surface area (Å²) < 4.78 is 0. The molecule has 0 fully saturated rings. The van der Waals surface area contributed by atoms with Crippen LogP contribution in [0.25, 0.3) is 0 Å². The molecule has 0 saturated heterocycles. The highest BCUT2D eigenvalue weighted by Crippen LogP contribution is 2.06. The number of carbonyl (C=O) groups is 2. The van der Waals surface area contributed by atoms with E-state index in [0.29, 0.717) is 0 Å². The average Bonchev–Trinajstić information content (AvgIpc) is 2.38. The van der Waals surface area contributed by atoms with Crippen LogP contribution in [0.5, 0.6) is 0 Å². The first-order valence-electron chi connectivity index (χ1n) is 5.60. The number of thioether (sulfide) groups is 1. The molecule has 3 N–H and O–H groups in total. The Hall–Kier alpha value is -1.77. The topological polar surface area (TPSA) is 131 Å². The van der Waals surface area contributed by atoms with Crippen molar-refractivity contribution in [2.75, 3.05) is 24.6 Å². The van der Waals surface area contributed by atoms with Gasteiger partial charge >= 0.3 is 5.97 Å². The summed E-state index contributed by atoms with van der Waals surface area (Å²) in [5, 5.41) is 25.6. The summed E-state index contributed by atoms with van der Waals surface area (Å²) in [4.78, 5) is 23.7. The molecule has 0 rings (SSSR count). The van der Waals surface area contributed by atoms with Gasteiger partial charge in [-0.3, -0.25) is 9.59 Å². The van der Waals surface area contributed by atoms with Crippen molar-refractivity contribution >= 4 is 23.6 Å². The maximum Gasteiger partial charge on any atom is 0.321 e. The molecule has 0 unspecified atom stereocenters. The zero-order valence-electron chi connectivity index (χ0n) is 10.4. The molecule has 0 aliphatic carbocycles. The Morgan fingerprint density at radius 2 is 1.79 bits per heavy atom. The van der Waals surface area contributed by atoms with Gasteiger partial charge in [-0.25, -0.2) is 0 Å². The minimum absolute atomic E-state index is 0.0951. The molecule has 8 heteroatoms. The van der Waals surface area contributed by atoms with E-state index in [2.05, 4.69) is 0 Å². The Labute approximate surface area is 116 Å². The summed E-state index contributed by atoms with van der Waals surface area (Å²) >= 11 is 1.13. The van der Waals surface area contributed by atoms with Crippen LogP contribution in [0, 0.1) is 22.7 Å². The van der Waals surface area contributed by atoms with Gasteiger partial charge in [0.05, 0.1) is 30.7 Å². The molecule has 1 atom stereocenters. The monoisotopic (exact) mass is 284 g/mol. The van der Waals surface area contributed by atoms with Crippen molar-refractivity contribution in [3.8, 4) is 12.1 Å². The number of aliphatic carboxylic acids is 1. The second-order valence-electron chi connectivity index (χ2n) is 3.66. The van der Waals surface area contributed by atoms with E-state index >= 15 is 0 Å². The van der Waals surface area contributed by atoms with Crippen LogP contribution in [0.3, 0.4) is 0 Å². The molecular weight excluding hydrogens is 268 g/mol. The van der Waals surface area contributed by atoms with Gasteiger partial charge in [-0.2, -0.15) is 10.5 Å². The third kappa shape index (κ3) is 8.03. The van der Waals surface area contributed by atoms with Crippen molar-refractivity contribution in [2.45, 2.75) is 18.9 Å². The van der Waals surface area contributed by atoms with Crippen LogP contribution >= 0.6 is 11.8 Å². The van der Waals surface area contributed by atoms with Gasteiger partial charge in [0.1, 0.15) is 6.04 Å². The van der Waals surface area contributed by atoms with E-state index in [0.717, 1.165) is 11.8 Å². The summed E-state index contributed by atoms with van der Waals surface area (Å²) in [6.45, 7) is 0.561. The van der Waals surface area contributed by atoms with E-state index in [1.165, 1.54) is 4.90 Å². The lowest BCUT2D eigenvalue weighted by atomic mass is 10.3. The maximum atomic E-state index is 11.8. The average molecular weight is 284 g/mol. The highest BCUT2D eigenvalue weighted by atomic mass is 32.2. The summed E-state index contributed by atoms with van der Waals surface area (Å²) in [7, 11) is 0. The van der Waals surface area contributed by atoms with Crippen LogP contribution < -0.4 is 5.73 Å². The van der Waals surface area contributed by atoms with Crippen LogP contribution in [0.1, 0.15) is 12.8 Å². The normalized spacial score (nSPS) is 11.1. The van der Waals surface area contributed by atoms with E-state index in [9.17, 15) is 9.59 Å². The Kier molecular flexibility index (Phi) is 9.23. The highest BCUT2D eigenvalue weighted by Gasteiger charge is 2.15. The molecule has 0 aliphatic heterocycles. The molecule has 19 heavy (non-hydrogen) atoms. The third-order valence-electron chi connectivity index (χ3n) is 2.18. The fourth-order valence-corrected chi connectivity index (χ4v) is 2.04. The predicted octanol–water partition coefficient (Wildman–Crippen LogP) is -0.213. The molecule has 0 saturated carbocycles. The van der Waals surface area contributed by atoms with Crippen LogP contribution in [-0.4, -0.2) is 52.5 Å². The molecule has 0 bridgehead atoms. The maximum absolute atomic E-state index is 11.8. The van der Waals surface area contributed by atoms with Crippen molar-refractivity contribution in [1.29, 1.82) is 10.5 Å². The van der Waals surface area contributed by atoms with Gasteiger partial charge < -0.3 is 15.7 Å². The zero-order valence-corrected chi connectivity index (χ0v) is 11.2. The highest BCUT2D eigenvalue weighted by molar-refractivity contribution is 8.00. The van der Waals surface area contributed by atoms with Gasteiger partial charge in [0.15, 0.2) is 0 Å². The van der Waals surface area contributed by atoms with E-state index in [4.69, 9.17) is 21.4 Å². The number of nitrogens with zero attached hydrogens (tertiary/aromatic N) is 3. The van der Waals surface area contributed by atoms with Gasteiger partial charge in [-0.05, 0) is 0 Å². The van der Waals surface area contributed by atoms with Gasteiger partial charge in [-0.1, -0.05) is 0 Å². The SMILES string of the molecule is N#CCCN(CCC#N)C(=O)CSC[C@H](N)C(=O)O. The lowest BCUT2D eigenvalue weighted by Crippen LogP contribution is -2.36. The number of nitrogens with two attached hydrogens (primary N) is 1. The van der Waals surface area contributed by atoms with Crippen LogP contribution in [0.4, 0.5) is 0 Å². The smallest absolute Gasteiger partial charge is 0.321 e.